The predicted octanol–water partition coefficient (Wildman–Crippen LogP) is 3.04. The molecule has 1 aliphatic heterocycles. The molecule has 1 heterocycles. The van der Waals surface area contributed by atoms with Crippen LogP contribution in [0.25, 0.3) is 0 Å². The molecule has 1 N–H and O–H groups in total. The molecule has 1 fully saturated rings. The second-order valence-corrected chi connectivity index (χ2v) is 9.84. The van der Waals surface area contributed by atoms with Gasteiger partial charge in [-0.1, -0.05) is 47.5 Å². The minimum atomic E-state index is -3.37. The number of nitrogens with zero attached hydrogens (tertiary/aromatic N) is 1. The number of benzene rings is 2. The SMILES string of the molecule is Cc1ccc(CS(=O)(=O)N2CCC(C(=O)NCCOc3ccc(C)cc3)CC2)cc1. The number of sulfonamides is 1. The molecule has 0 unspecified atom stereocenters. The smallest absolute Gasteiger partial charge is 0.223 e. The molecule has 6 nitrogen and oxygen atoms in total. The van der Waals surface area contributed by atoms with Crippen molar-refractivity contribution in [3.63, 3.8) is 0 Å². The van der Waals surface area contributed by atoms with Crippen molar-refractivity contribution in [1.29, 1.82) is 0 Å². The van der Waals surface area contributed by atoms with Gasteiger partial charge in [-0.25, -0.2) is 12.7 Å². The summed E-state index contributed by atoms with van der Waals surface area (Å²) >= 11 is 0. The lowest BCUT2D eigenvalue weighted by Gasteiger charge is -2.30. The maximum Gasteiger partial charge on any atom is 0.223 e. The van der Waals surface area contributed by atoms with Gasteiger partial charge in [0.1, 0.15) is 12.4 Å². The molecule has 1 amide bonds. The summed E-state index contributed by atoms with van der Waals surface area (Å²) in [6.45, 7) is 5.58. The van der Waals surface area contributed by atoms with Crippen LogP contribution in [0.15, 0.2) is 48.5 Å². The first-order chi connectivity index (χ1) is 14.3. The first-order valence-electron chi connectivity index (χ1n) is 10.3. The Bertz CT molecular complexity index is 932. The van der Waals surface area contributed by atoms with Crippen LogP contribution in [0.4, 0.5) is 0 Å². The summed E-state index contributed by atoms with van der Waals surface area (Å²) < 4.78 is 32.5. The van der Waals surface area contributed by atoms with Crippen LogP contribution in [0.3, 0.4) is 0 Å². The minimum absolute atomic E-state index is 0.000489. The molecule has 1 saturated heterocycles. The number of rotatable bonds is 8. The third kappa shape index (κ3) is 6.31. The van der Waals surface area contributed by atoms with Crippen molar-refractivity contribution in [2.45, 2.75) is 32.4 Å². The van der Waals surface area contributed by atoms with Crippen molar-refractivity contribution in [3.8, 4) is 5.75 Å². The van der Waals surface area contributed by atoms with E-state index in [1.165, 1.54) is 9.87 Å². The van der Waals surface area contributed by atoms with Gasteiger partial charge in [0.05, 0.1) is 12.3 Å². The van der Waals surface area contributed by atoms with Crippen LogP contribution in [-0.2, 0) is 20.6 Å². The number of nitrogens with one attached hydrogen (secondary N) is 1. The monoisotopic (exact) mass is 430 g/mol. The summed E-state index contributed by atoms with van der Waals surface area (Å²) in [7, 11) is -3.37. The Hall–Kier alpha value is -2.38. The average molecular weight is 431 g/mol. The lowest BCUT2D eigenvalue weighted by Crippen LogP contribution is -2.43. The van der Waals surface area contributed by atoms with Gasteiger partial charge in [-0.2, -0.15) is 0 Å². The Morgan fingerprint density at radius 1 is 1.00 bits per heavy atom. The van der Waals surface area contributed by atoms with Crippen molar-refractivity contribution in [2.24, 2.45) is 5.92 Å². The van der Waals surface area contributed by atoms with E-state index in [9.17, 15) is 13.2 Å². The first-order valence-corrected chi connectivity index (χ1v) is 11.9. The van der Waals surface area contributed by atoms with Crippen LogP contribution in [0, 0.1) is 19.8 Å². The van der Waals surface area contributed by atoms with E-state index in [1.807, 2.05) is 62.4 Å². The van der Waals surface area contributed by atoms with E-state index in [-0.39, 0.29) is 17.6 Å². The number of hydrogen-bond acceptors (Lipinski definition) is 4. The fourth-order valence-electron chi connectivity index (χ4n) is 3.50. The van der Waals surface area contributed by atoms with Crippen LogP contribution in [0.2, 0.25) is 0 Å². The number of amides is 1. The van der Waals surface area contributed by atoms with Crippen LogP contribution in [0.1, 0.15) is 29.5 Å². The molecule has 2 aromatic rings. The van der Waals surface area contributed by atoms with Gasteiger partial charge in [0, 0.05) is 19.0 Å². The van der Waals surface area contributed by atoms with Crippen LogP contribution < -0.4 is 10.1 Å². The zero-order chi connectivity index (χ0) is 21.6. The molecular weight excluding hydrogens is 400 g/mol. The molecule has 3 rings (SSSR count). The number of aryl methyl sites for hydroxylation is 2. The predicted molar refractivity (Wildman–Crippen MR) is 118 cm³/mol. The number of carbonyl (C=O) groups excluding carboxylic acids is 1. The molecule has 2 aromatic carbocycles. The average Bonchev–Trinajstić information content (AvgIpc) is 2.74. The lowest BCUT2D eigenvalue weighted by atomic mass is 9.97. The first kappa shape index (κ1) is 22.3. The Morgan fingerprint density at radius 3 is 2.17 bits per heavy atom. The third-order valence-corrected chi connectivity index (χ3v) is 7.23. The molecule has 0 atom stereocenters. The van der Waals surface area contributed by atoms with Gasteiger partial charge in [0.15, 0.2) is 0 Å². The van der Waals surface area contributed by atoms with E-state index in [4.69, 9.17) is 4.74 Å². The summed E-state index contributed by atoms with van der Waals surface area (Å²) in [5.74, 6) is 0.593. The zero-order valence-electron chi connectivity index (χ0n) is 17.6. The van der Waals surface area contributed by atoms with Crippen LogP contribution >= 0.6 is 0 Å². The van der Waals surface area contributed by atoms with Gasteiger partial charge in [0.2, 0.25) is 15.9 Å². The molecule has 30 heavy (non-hydrogen) atoms. The summed E-state index contributed by atoms with van der Waals surface area (Å²) in [6, 6.07) is 15.3. The Kier molecular flexibility index (Phi) is 7.50. The van der Waals surface area contributed by atoms with Crippen molar-refractivity contribution < 1.29 is 17.9 Å². The molecule has 0 aliphatic carbocycles. The molecule has 0 aromatic heterocycles. The van der Waals surface area contributed by atoms with Crippen molar-refractivity contribution in [1.82, 2.24) is 9.62 Å². The van der Waals surface area contributed by atoms with E-state index < -0.39 is 10.0 Å². The van der Waals surface area contributed by atoms with Gasteiger partial charge in [0.25, 0.3) is 0 Å². The molecule has 0 bridgehead atoms. The lowest BCUT2D eigenvalue weighted by molar-refractivity contribution is -0.126. The van der Waals surface area contributed by atoms with E-state index in [0.29, 0.717) is 39.1 Å². The fourth-order valence-corrected chi connectivity index (χ4v) is 5.07. The highest BCUT2D eigenvalue weighted by molar-refractivity contribution is 7.88. The number of carbonyl (C=O) groups is 1. The topological polar surface area (TPSA) is 75.7 Å². The van der Waals surface area contributed by atoms with Crippen molar-refractivity contribution in [3.05, 3.63) is 65.2 Å². The van der Waals surface area contributed by atoms with E-state index in [2.05, 4.69) is 5.32 Å². The third-order valence-electron chi connectivity index (χ3n) is 5.38. The quantitative estimate of drug-likeness (QED) is 0.653. The summed E-state index contributed by atoms with van der Waals surface area (Å²) in [5, 5.41) is 2.90. The molecule has 7 heteroatoms. The zero-order valence-corrected chi connectivity index (χ0v) is 18.5. The van der Waals surface area contributed by atoms with Crippen molar-refractivity contribution >= 4 is 15.9 Å². The number of hydrogen-bond donors (Lipinski definition) is 1. The Balaban J connectivity index is 1.40. The number of piperidine rings is 1. The molecule has 162 valence electrons. The van der Waals surface area contributed by atoms with Crippen LogP contribution in [0.5, 0.6) is 5.75 Å². The summed E-state index contributed by atoms with van der Waals surface area (Å²) in [5.41, 5.74) is 3.06. The second kappa shape index (κ2) is 10.1. The van der Waals surface area contributed by atoms with E-state index in [0.717, 1.165) is 16.9 Å². The molecule has 1 aliphatic rings. The van der Waals surface area contributed by atoms with Gasteiger partial charge < -0.3 is 10.1 Å². The largest absolute Gasteiger partial charge is 0.492 e. The standard InChI is InChI=1S/C23H30N2O4S/c1-18-3-7-20(8-4-18)17-30(27,28)25-14-11-21(12-15-25)23(26)24-13-16-29-22-9-5-19(2)6-10-22/h3-10,21H,11-17H2,1-2H3,(H,24,26). The van der Waals surface area contributed by atoms with Gasteiger partial charge in [-0.15, -0.1) is 0 Å². The minimum Gasteiger partial charge on any atom is -0.492 e. The van der Waals surface area contributed by atoms with Crippen LogP contribution in [-0.4, -0.2) is 44.9 Å². The van der Waals surface area contributed by atoms with Gasteiger partial charge in [-0.3, -0.25) is 4.79 Å². The van der Waals surface area contributed by atoms with Gasteiger partial charge in [-0.05, 0) is 44.4 Å². The highest BCUT2D eigenvalue weighted by atomic mass is 32.2. The molecule has 0 saturated carbocycles. The highest BCUT2D eigenvalue weighted by Gasteiger charge is 2.31. The highest BCUT2D eigenvalue weighted by Crippen LogP contribution is 2.22. The van der Waals surface area contributed by atoms with E-state index >= 15 is 0 Å². The molecule has 0 spiro atoms. The van der Waals surface area contributed by atoms with Gasteiger partial charge >= 0.3 is 0 Å². The Labute approximate surface area is 179 Å². The summed E-state index contributed by atoms with van der Waals surface area (Å²) in [4.78, 5) is 12.4. The molecular formula is C23H30N2O4S. The second-order valence-electron chi connectivity index (χ2n) is 7.87. The maximum atomic E-state index is 12.7. The summed E-state index contributed by atoms with van der Waals surface area (Å²) in [6.07, 6.45) is 1.08. The van der Waals surface area contributed by atoms with E-state index in [1.54, 1.807) is 0 Å². The maximum absolute atomic E-state index is 12.7. The van der Waals surface area contributed by atoms with Crippen molar-refractivity contribution in [2.75, 3.05) is 26.2 Å². The number of ether oxygens (including phenoxy) is 1. The molecule has 0 radical (unpaired) electrons. The normalized spacial score (nSPS) is 15.7. The fraction of sp³-hybridized carbons (Fsp3) is 0.435. The Morgan fingerprint density at radius 2 is 1.57 bits per heavy atom.